The number of rotatable bonds is 6. The van der Waals surface area contributed by atoms with Gasteiger partial charge < -0.3 is 10.6 Å². The van der Waals surface area contributed by atoms with Crippen molar-refractivity contribution in [2.24, 2.45) is 0 Å². The van der Waals surface area contributed by atoms with Crippen LogP contribution >= 0.6 is 0 Å². The van der Waals surface area contributed by atoms with Crippen LogP contribution in [0, 0.1) is 5.82 Å². The summed E-state index contributed by atoms with van der Waals surface area (Å²) < 4.78 is 12.8. The molecule has 0 aliphatic rings. The van der Waals surface area contributed by atoms with Gasteiger partial charge in [0.15, 0.2) is 0 Å². The molecule has 118 valence electrons. The monoisotopic (exact) mass is 313 g/mol. The number of pyridine rings is 1. The van der Waals surface area contributed by atoms with Crippen LogP contribution in [0.4, 0.5) is 4.39 Å². The molecular formula is C17H16FN3O2. The maximum atomic E-state index is 12.8. The van der Waals surface area contributed by atoms with Crippen molar-refractivity contribution in [2.45, 2.75) is 6.54 Å². The molecule has 0 radical (unpaired) electrons. The predicted molar refractivity (Wildman–Crippen MR) is 84.3 cm³/mol. The average molecular weight is 313 g/mol. The van der Waals surface area contributed by atoms with Crippen LogP contribution in [0.5, 0.6) is 0 Å². The van der Waals surface area contributed by atoms with Gasteiger partial charge in [-0.1, -0.05) is 18.2 Å². The summed E-state index contributed by atoms with van der Waals surface area (Å²) in [4.78, 5) is 27.8. The van der Waals surface area contributed by atoms with Crippen LogP contribution in [0.1, 0.15) is 26.3 Å². The Morgan fingerprint density at radius 3 is 2.30 bits per heavy atom. The lowest BCUT2D eigenvalue weighted by Crippen LogP contribution is -2.26. The number of carbonyl (C=O) groups is 2. The van der Waals surface area contributed by atoms with E-state index in [0.717, 1.165) is 5.56 Å². The molecule has 0 unspecified atom stereocenters. The third-order valence-corrected chi connectivity index (χ3v) is 3.04. The van der Waals surface area contributed by atoms with Crippen molar-refractivity contribution < 1.29 is 14.0 Å². The third kappa shape index (κ3) is 4.74. The molecule has 1 heterocycles. The number of carbonyl (C=O) groups excluding carboxylic acids is 2. The van der Waals surface area contributed by atoms with E-state index < -0.39 is 0 Å². The quantitative estimate of drug-likeness (QED) is 0.802. The van der Waals surface area contributed by atoms with Crippen molar-refractivity contribution in [3.8, 4) is 0 Å². The zero-order chi connectivity index (χ0) is 16.7. The van der Waals surface area contributed by atoms with Crippen molar-refractivity contribution >= 4 is 11.8 Å². The number of nitrogens with zero attached hydrogens (tertiary/aromatic N) is 1. The molecule has 0 aliphatic heterocycles. The van der Waals surface area contributed by atoms with Crippen LogP contribution < -0.4 is 10.6 Å². The van der Waals surface area contributed by atoms with Gasteiger partial charge in [-0.15, -0.1) is 6.58 Å². The molecule has 5 nitrogen and oxygen atoms in total. The maximum Gasteiger partial charge on any atom is 0.253 e. The second-order valence-electron chi connectivity index (χ2n) is 4.77. The largest absolute Gasteiger partial charge is 0.349 e. The molecule has 1 aromatic heterocycles. The molecule has 6 heteroatoms. The number of amides is 2. The van der Waals surface area contributed by atoms with Crippen molar-refractivity contribution in [1.82, 2.24) is 15.6 Å². The van der Waals surface area contributed by atoms with Gasteiger partial charge >= 0.3 is 0 Å². The highest BCUT2D eigenvalue weighted by Crippen LogP contribution is 2.05. The fourth-order valence-corrected chi connectivity index (χ4v) is 1.84. The Morgan fingerprint density at radius 2 is 1.70 bits per heavy atom. The highest BCUT2D eigenvalue weighted by Gasteiger charge is 2.10. The summed E-state index contributed by atoms with van der Waals surface area (Å²) in [5, 5.41) is 5.31. The molecule has 2 aromatic rings. The Kier molecular flexibility index (Phi) is 5.57. The zero-order valence-corrected chi connectivity index (χ0v) is 12.4. The van der Waals surface area contributed by atoms with Gasteiger partial charge in [0, 0.05) is 25.5 Å². The minimum absolute atomic E-state index is 0.256. The summed E-state index contributed by atoms with van der Waals surface area (Å²) in [6.45, 7) is 4.10. The van der Waals surface area contributed by atoms with Gasteiger partial charge in [0.1, 0.15) is 5.82 Å². The van der Waals surface area contributed by atoms with E-state index in [1.54, 1.807) is 18.2 Å². The standard InChI is InChI=1S/C17H16FN3O2/c1-2-7-20-16(22)13-8-14(11-19-10-13)17(23)21-9-12-3-5-15(18)6-4-12/h2-6,8,10-11H,1,7,9H2,(H,20,22)(H,21,23). The van der Waals surface area contributed by atoms with Crippen LogP contribution in [-0.4, -0.2) is 23.3 Å². The molecule has 0 saturated heterocycles. The van der Waals surface area contributed by atoms with Crippen LogP contribution in [-0.2, 0) is 6.54 Å². The molecule has 2 rings (SSSR count). The number of halogens is 1. The molecule has 0 fully saturated rings. The smallest absolute Gasteiger partial charge is 0.253 e. The predicted octanol–water partition coefficient (Wildman–Crippen LogP) is 2.07. The van der Waals surface area contributed by atoms with Gasteiger partial charge in [0.2, 0.25) is 0 Å². The molecule has 2 N–H and O–H groups in total. The summed E-state index contributed by atoms with van der Waals surface area (Å²) >= 11 is 0. The summed E-state index contributed by atoms with van der Waals surface area (Å²) in [5.41, 5.74) is 1.34. The van der Waals surface area contributed by atoms with E-state index in [1.807, 2.05) is 0 Å². The second kappa shape index (κ2) is 7.84. The molecule has 23 heavy (non-hydrogen) atoms. The van der Waals surface area contributed by atoms with E-state index >= 15 is 0 Å². The third-order valence-electron chi connectivity index (χ3n) is 3.04. The highest BCUT2D eigenvalue weighted by molar-refractivity contribution is 5.99. The Hall–Kier alpha value is -3.02. The first-order valence-electron chi connectivity index (χ1n) is 6.97. The summed E-state index contributed by atoms with van der Waals surface area (Å²) in [6.07, 6.45) is 4.32. The Labute approximate surface area is 133 Å². The van der Waals surface area contributed by atoms with Gasteiger partial charge in [-0.25, -0.2) is 4.39 Å². The van der Waals surface area contributed by atoms with E-state index in [0.29, 0.717) is 12.1 Å². The van der Waals surface area contributed by atoms with Crippen LogP contribution in [0.2, 0.25) is 0 Å². The lowest BCUT2D eigenvalue weighted by Gasteiger charge is -2.07. The molecule has 1 aromatic carbocycles. The minimum atomic E-state index is -0.361. The first kappa shape index (κ1) is 16.4. The van der Waals surface area contributed by atoms with Crippen molar-refractivity contribution in [3.05, 3.63) is 77.9 Å². The van der Waals surface area contributed by atoms with Crippen molar-refractivity contribution in [2.75, 3.05) is 6.54 Å². The first-order valence-corrected chi connectivity index (χ1v) is 6.97. The molecule has 0 spiro atoms. The topological polar surface area (TPSA) is 71.1 Å². The first-order chi connectivity index (χ1) is 11.1. The number of benzene rings is 1. The van der Waals surface area contributed by atoms with Gasteiger partial charge in [0.25, 0.3) is 11.8 Å². The average Bonchev–Trinajstić information content (AvgIpc) is 2.59. The van der Waals surface area contributed by atoms with E-state index in [2.05, 4.69) is 22.2 Å². The molecule has 0 bridgehead atoms. The lowest BCUT2D eigenvalue weighted by atomic mass is 10.1. The van der Waals surface area contributed by atoms with E-state index in [4.69, 9.17) is 0 Å². The number of nitrogens with one attached hydrogen (secondary N) is 2. The summed E-state index contributed by atoms with van der Waals surface area (Å²) in [7, 11) is 0. The van der Waals surface area contributed by atoms with E-state index in [1.165, 1.54) is 30.6 Å². The molecular weight excluding hydrogens is 297 g/mol. The molecule has 2 amide bonds. The molecule has 0 atom stereocenters. The fraction of sp³-hybridized carbons (Fsp3) is 0.118. The van der Waals surface area contributed by atoms with Crippen LogP contribution in [0.15, 0.2) is 55.4 Å². The minimum Gasteiger partial charge on any atom is -0.349 e. The summed E-state index contributed by atoms with van der Waals surface area (Å²) in [6, 6.07) is 7.30. The van der Waals surface area contributed by atoms with Gasteiger partial charge in [0.05, 0.1) is 11.1 Å². The number of aromatic nitrogens is 1. The number of hydrogen-bond donors (Lipinski definition) is 2. The number of hydrogen-bond acceptors (Lipinski definition) is 3. The van der Waals surface area contributed by atoms with Crippen molar-refractivity contribution in [3.63, 3.8) is 0 Å². The summed E-state index contributed by atoms with van der Waals surface area (Å²) in [5.74, 6) is -1.02. The van der Waals surface area contributed by atoms with Crippen molar-refractivity contribution in [1.29, 1.82) is 0 Å². The Balaban J connectivity index is 2.00. The Bertz CT molecular complexity index is 714. The van der Waals surface area contributed by atoms with E-state index in [9.17, 15) is 14.0 Å². The second-order valence-corrected chi connectivity index (χ2v) is 4.77. The zero-order valence-electron chi connectivity index (χ0n) is 12.4. The SMILES string of the molecule is C=CCNC(=O)c1cncc(C(=O)NCc2ccc(F)cc2)c1. The van der Waals surface area contributed by atoms with Crippen LogP contribution in [0.3, 0.4) is 0 Å². The molecule has 0 aliphatic carbocycles. The van der Waals surface area contributed by atoms with E-state index in [-0.39, 0.29) is 29.7 Å². The van der Waals surface area contributed by atoms with Gasteiger partial charge in [-0.3, -0.25) is 14.6 Å². The highest BCUT2D eigenvalue weighted by atomic mass is 19.1. The lowest BCUT2D eigenvalue weighted by molar-refractivity contribution is 0.0950. The Morgan fingerprint density at radius 1 is 1.09 bits per heavy atom. The fourth-order valence-electron chi connectivity index (χ4n) is 1.84. The van der Waals surface area contributed by atoms with Gasteiger partial charge in [-0.05, 0) is 23.8 Å². The molecule has 0 saturated carbocycles. The normalized spacial score (nSPS) is 9.96. The van der Waals surface area contributed by atoms with Gasteiger partial charge in [-0.2, -0.15) is 0 Å². The maximum absolute atomic E-state index is 12.8. The van der Waals surface area contributed by atoms with Crippen LogP contribution in [0.25, 0.3) is 0 Å².